The first-order valence-corrected chi connectivity index (χ1v) is 36.4. The summed E-state index contributed by atoms with van der Waals surface area (Å²) in [6.45, 7) is 4.65. The number of hydrogen-bond acceptors (Lipinski definition) is 25. The summed E-state index contributed by atoms with van der Waals surface area (Å²) in [4.78, 5) is 46.2. The minimum absolute atomic E-state index is 0.0937. The highest BCUT2D eigenvalue weighted by atomic mass is 16.7. The molecule has 0 aromatic heterocycles. The van der Waals surface area contributed by atoms with Crippen molar-refractivity contribution in [2.45, 2.75) is 62.6 Å². The summed E-state index contributed by atoms with van der Waals surface area (Å²) in [7, 11) is 21.8. The monoisotopic (exact) mass is 1510 g/mol. The molecule has 0 aliphatic carbocycles. The van der Waals surface area contributed by atoms with Gasteiger partial charge in [0.2, 0.25) is 37.6 Å². The molecule has 0 N–H and O–H groups in total. The van der Waals surface area contributed by atoms with E-state index in [1.165, 1.54) is 26.9 Å². The van der Waals surface area contributed by atoms with Gasteiger partial charge in [0.05, 0.1) is 89.2 Å². The molecule has 25 nitrogen and oxygen atoms in total. The zero-order valence-corrected chi connectivity index (χ0v) is 64.1. The van der Waals surface area contributed by atoms with Crippen molar-refractivity contribution in [1.29, 1.82) is 0 Å². The lowest BCUT2D eigenvalue weighted by Gasteiger charge is -2.39. The third-order valence-electron chi connectivity index (χ3n) is 22.4. The van der Waals surface area contributed by atoms with E-state index in [-0.39, 0.29) is 38.5 Å². The number of aryl methyl sites for hydroxylation is 1. The first kappa shape index (κ1) is 73.2. The molecular formula is C86H85N3O22. The zero-order valence-electron chi connectivity index (χ0n) is 64.1. The SMILES string of the molecule is COc1ccc(-c2c3c(c(OC)c4c2OCO4)[C@H]([C@H]2OC(=O)c4c2ccc(OC)c4OC)N(C)CC3)cc1.COc1ccc2c(c1OC)C(=O)O[C@@H]2[C@H]1c2c(c(-c3ccc(C)cc3)c3c(c2OC)OCO3)CCN1C.COc1ccc2c(c1OC)C(=O)O[C@@H]2[C@H]1c2c(c(-c3ccccc3)c3c(c2OC)OCO3)CCN1C. The summed E-state index contributed by atoms with van der Waals surface area (Å²) in [5.74, 6) is 7.57. The van der Waals surface area contributed by atoms with Crippen molar-refractivity contribution in [3.05, 3.63) is 188 Å². The third-order valence-corrected chi connectivity index (χ3v) is 22.4. The van der Waals surface area contributed by atoms with Crippen LogP contribution in [0.4, 0.5) is 0 Å². The lowest BCUT2D eigenvalue weighted by molar-refractivity contribution is 0.00809. The van der Waals surface area contributed by atoms with Crippen LogP contribution in [-0.4, -0.2) is 165 Å². The maximum atomic E-state index is 13.2. The van der Waals surface area contributed by atoms with Crippen molar-refractivity contribution in [2.24, 2.45) is 0 Å². The molecule has 0 amide bonds. The van der Waals surface area contributed by atoms with Gasteiger partial charge in [0.25, 0.3) is 0 Å². The van der Waals surface area contributed by atoms with E-state index >= 15 is 0 Å². The predicted molar refractivity (Wildman–Crippen MR) is 405 cm³/mol. The van der Waals surface area contributed by atoms with E-state index in [9.17, 15) is 14.4 Å². The zero-order chi connectivity index (χ0) is 77.4. The number of likely N-dealkylation sites (N-methyl/N-ethyl adjacent to an activating group) is 3. The molecule has 6 atom stereocenters. The summed E-state index contributed by atoms with van der Waals surface area (Å²) in [6, 6.07) is 36.5. The summed E-state index contributed by atoms with van der Waals surface area (Å²) in [5.41, 5.74) is 16.7. The van der Waals surface area contributed by atoms with Crippen LogP contribution < -0.4 is 75.8 Å². The number of esters is 3. The van der Waals surface area contributed by atoms with E-state index in [1.54, 1.807) is 55.8 Å². The Morgan fingerprint density at radius 2 is 0.613 bits per heavy atom. The largest absolute Gasteiger partial charge is 0.497 e. The number of nitrogens with zero attached hydrogens (tertiary/aromatic N) is 3. The molecule has 25 heteroatoms. The molecular weight excluding hydrogens is 1430 g/mol. The summed E-state index contributed by atoms with van der Waals surface area (Å²) >= 11 is 0. The van der Waals surface area contributed by atoms with Crippen LogP contribution in [0.15, 0.2) is 115 Å². The summed E-state index contributed by atoms with van der Waals surface area (Å²) < 4.78 is 110. The highest BCUT2D eigenvalue weighted by molar-refractivity contribution is 6.00. The molecule has 0 unspecified atom stereocenters. The lowest BCUT2D eigenvalue weighted by atomic mass is 9.81. The molecule has 0 saturated heterocycles. The number of ether oxygens (including phenoxy) is 19. The molecule has 0 saturated carbocycles. The molecule has 9 heterocycles. The van der Waals surface area contributed by atoms with Crippen LogP contribution in [-0.2, 0) is 33.5 Å². The smallest absolute Gasteiger partial charge is 0.343 e. The number of carbonyl (C=O) groups is 3. The van der Waals surface area contributed by atoms with E-state index in [0.717, 1.165) is 128 Å². The summed E-state index contributed by atoms with van der Waals surface area (Å²) in [5, 5.41) is 0. The average Bonchev–Trinajstić information content (AvgIpc) is 1.67. The normalized spacial score (nSPS) is 19.7. The van der Waals surface area contributed by atoms with Crippen molar-refractivity contribution < 1.29 is 104 Å². The van der Waals surface area contributed by atoms with Crippen LogP contribution in [0.25, 0.3) is 33.4 Å². The molecule has 0 bridgehead atoms. The second kappa shape index (κ2) is 29.8. The molecule has 18 rings (SSSR count). The van der Waals surface area contributed by atoms with E-state index in [4.69, 9.17) is 90.0 Å². The lowest BCUT2D eigenvalue weighted by Crippen LogP contribution is -2.36. The van der Waals surface area contributed by atoms with Gasteiger partial charge >= 0.3 is 17.9 Å². The number of fused-ring (bicyclic) bond motifs is 9. The van der Waals surface area contributed by atoms with Crippen LogP contribution in [0.2, 0.25) is 0 Å². The highest BCUT2D eigenvalue weighted by Crippen LogP contribution is 2.63. The molecule has 9 aliphatic rings. The summed E-state index contributed by atoms with van der Waals surface area (Å²) in [6.07, 6.45) is 0.549. The second-order valence-electron chi connectivity index (χ2n) is 27.9. The van der Waals surface area contributed by atoms with Gasteiger partial charge in [0.15, 0.2) is 69.0 Å². The Labute approximate surface area is 641 Å². The van der Waals surface area contributed by atoms with Crippen LogP contribution in [0, 0.1) is 6.92 Å². The molecule has 0 spiro atoms. The second-order valence-corrected chi connectivity index (χ2v) is 27.9. The number of rotatable bonds is 16. The minimum atomic E-state index is -0.598. The maximum Gasteiger partial charge on any atom is 0.343 e. The molecule has 9 aromatic carbocycles. The van der Waals surface area contributed by atoms with E-state index < -0.39 is 36.2 Å². The van der Waals surface area contributed by atoms with Crippen LogP contribution in [0.1, 0.15) is 123 Å². The van der Waals surface area contributed by atoms with Crippen molar-refractivity contribution in [3.63, 3.8) is 0 Å². The van der Waals surface area contributed by atoms with Crippen LogP contribution in [0.3, 0.4) is 0 Å². The predicted octanol–water partition coefficient (Wildman–Crippen LogP) is 14.0. The van der Waals surface area contributed by atoms with Crippen molar-refractivity contribution in [3.8, 4) is 125 Å². The van der Waals surface area contributed by atoms with Gasteiger partial charge in [-0.15, -0.1) is 0 Å². The fourth-order valence-corrected chi connectivity index (χ4v) is 17.5. The third kappa shape index (κ3) is 11.9. The van der Waals surface area contributed by atoms with Gasteiger partial charge in [0, 0.05) is 69.7 Å². The Kier molecular flexibility index (Phi) is 19.7. The Morgan fingerprint density at radius 3 is 0.910 bits per heavy atom. The Balaban J connectivity index is 0.000000126. The molecule has 111 heavy (non-hydrogen) atoms. The molecule has 0 fully saturated rings. The van der Waals surface area contributed by atoms with Crippen molar-refractivity contribution in [1.82, 2.24) is 14.7 Å². The van der Waals surface area contributed by atoms with Crippen molar-refractivity contribution >= 4 is 17.9 Å². The molecule has 9 aliphatic heterocycles. The van der Waals surface area contributed by atoms with Gasteiger partial charge in [0.1, 0.15) is 40.8 Å². The Hall–Kier alpha value is -11.9. The first-order chi connectivity index (χ1) is 54.1. The van der Waals surface area contributed by atoms with Gasteiger partial charge in [-0.2, -0.15) is 0 Å². The minimum Gasteiger partial charge on any atom is -0.497 e. The number of benzene rings is 9. The number of cyclic esters (lactones) is 3. The van der Waals surface area contributed by atoms with Gasteiger partial charge in [-0.1, -0.05) is 90.5 Å². The van der Waals surface area contributed by atoms with Gasteiger partial charge < -0.3 is 90.0 Å². The number of methoxy groups -OCH3 is 10. The quantitative estimate of drug-likeness (QED) is 0.0645. The molecule has 9 aromatic rings. The topological polar surface area (TPSA) is 236 Å². The first-order valence-electron chi connectivity index (χ1n) is 36.4. The van der Waals surface area contributed by atoms with E-state index in [0.29, 0.717) is 103 Å². The average molecular weight is 1510 g/mol. The van der Waals surface area contributed by atoms with E-state index in [2.05, 4.69) is 58.0 Å². The molecule has 0 radical (unpaired) electrons. The van der Waals surface area contributed by atoms with E-state index in [1.807, 2.05) is 93.9 Å². The fourth-order valence-electron chi connectivity index (χ4n) is 17.5. The molecule has 576 valence electrons. The highest BCUT2D eigenvalue weighted by Gasteiger charge is 2.52. The Morgan fingerprint density at radius 1 is 0.315 bits per heavy atom. The number of carbonyl (C=O) groups excluding carboxylic acids is 3. The van der Waals surface area contributed by atoms with Gasteiger partial charge in [-0.05, 0) is 111 Å². The fraction of sp³-hybridized carbons (Fsp3) is 0.337. The van der Waals surface area contributed by atoms with Crippen molar-refractivity contribution in [2.75, 3.05) is 132 Å². The standard InChI is InChI=1S/C29H29NO8.C29H29NO7.C28H27NO7/c1-30-13-12-17-20(15-6-8-16(32-2)9-7-15)27-28(37-14-36-27)26(35-5)21(17)23(30)24-18-10-11-19(33-3)25(34-4)22(18)29(31)38-24;1-15-6-8-16(9-7-15)20-17-12-13-30(2)23(21(17)26(34-5)28-27(20)35-14-36-28)24-18-10-11-19(32-3)25(33-4)22(18)29(31)37-24;1-29-13-12-16-19(15-8-6-5-7-9-15)26-27(35-14-34-26)25(33-4)20(16)22(29)23-17-10-11-18(31-2)24(32-3)21(17)28(30)36-23/h6-11,23-24H,12-14H2,1-5H3;6-11,23-24H,12-14H2,1-5H3;5-11,22-23H,12-14H2,1-4H3/t2*23-,24+;22-,23+/m111/s1. The van der Waals surface area contributed by atoms with Gasteiger partial charge in [-0.25, -0.2) is 14.4 Å². The van der Waals surface area contributed by atoms with Gasteiger partial charge in [-0.3, -0.25) is 14.7 Å². The Bertz CT molecular complexity index is 5180. The number of hydrogen-bond donors (Lipinski definition) is 0. The van der Waals surface area contributed by atoms with Crippen LogP contribution in [0.5, 0.6) is 92.0 Å². The maximum absolute atomic E-state index is 13.2. The van der Waals surface area contributed by atoms with Crippen LogP contribution >= 0.6 is 0 Å².